The quantitative estimate of drug-likeness (QED) is 0.795. The summed E-state index contributed by atoms with van der Waals surface area (Å²) in [4.78, 5) is 0. The Hall–Kier alpha value is -0.940. The number of benzene rings is 1. The van der Waals surface area contributed by atoms with Gasteiger partial charge < -0.3 is 19.9 Å². The maximum atomic E-state index is 9.80. The minimum atomic E-state index is -0.521. The number of likely N-dealkylation sites (N-methyl/N-ethyl adjacent to an activating group) is 1. The maximum absolute atomic E-state index is 9.80. The lowest BCUT2D eigenvalue weighted by atomic mass is 9.91. The van der Waals surface area contributed by atoms with E-state index >= 15 is 0 Å². The lowest BCUT2D eigenvalue weighted by Gasteiger charge is -2.33. The highest BCUT2D eigenvalue weighted by Gasteiger charge is 2.30. The Bertz CT molecular complexity index is 373. The highest BCUT2D eigenvalue weighted by atomic mass is 16.5. The first-order chi connectivity index (χ1) is 9.80. The van der Waals surface area contributed by atoms with Crippen LogP contribution in [0.2, 0.25) is 0 Å². The van der Waals surface area contributed by atoms with Crippen LogP contribution in [0.5, 0.6) is 0 Å². The van der Waals surface area contributed by atoms with Crippen molar-refractivity contribution in [3.05, 3.63) is 35.9 Å². The summed E-state index contributed by atoms with van der Waals surface area (Å²) >= 11 is 0. The predicted octanol–water partition coefficient (Wildman–Crippen LogP) is 1.54. The molecular weight excluding hydrogens is 254 g/mol. The Labute approximate surface area is 121 Å². The van der Waals surface area contributed by atoms with Gasteiger partial charge in [0.2, 0.25) is 0 Å². The van der Waals surface area contributed by atoms with Gasteiger partial charge in [0.05, 0.1) is 18.8 Å². The van der Waals surface area contributed by atoms with Crippen LogP contribution in [0.3, 0.4) is 0 Å². The van der Waals surface area contributed by atoms with Gasteiger partial charge in [-0.3, -0.25) is 0 Å². The monoisotopic (exact) mass is 279 g/mol. The van der Waals surface area contributed by atoms with Crippen LogP contribution in [-0.2, 0) is 15.0 Å². The lowest BCUT2D eigenvalue weighted by molar-refractivity contribution is -0.00927. The van der Waals surface area contributed by atoms with Crippen molar-refractivity contribution in [2.45, 2.75) is 18.4 Å². The molecule has 1 aromatic carbocycles. The molecule has 1 fully saturated rings. The molecule has 2 rings (SSSR count). The number of hydrogen-bond donors (Lipinski definition) is 2. The third kappa shape index (κ3) is 3.79. The molecule has 0 spiro atoms. The molecule has 20 heavy (non-hydrogen) atoms. The highest BCUT2D eigenvalue weighted by Crippen LogP contribution is 2.22. The van der Waals surface area contributed by atoms with E-state index in [1.165, 1.54) is 0 Å². The smallest absolute Gasteiger partial charge is 0.0903 e. The molecule has 0 aliphatic carbocycles. The van der Waals surface area contributed by atoms with Crippen molar-refractivity contribution >= 4 is 0 Å². The van der Waals surface area contributed by atoms with Crippen molar-refractivity contribution < 1.29 is 14.6 Å². The molecule has 1 aliphatic rings. The Morgan fingerprint density at radius 2 is 2.00 bits per heavy atom. The molecule has 0 aromatic heterocycles. The van der Waals surface area contributed by atoms with Crippen molar-refractivity contribution in [2.24, 2.45) is 5.92 Å². The first kappa shape index (κ1) is 15.4. The van der Waals surface area contributed by atoms with Crippen LogP contribution in [0.25, 0.3) is 0 Å². The van der Waals surface area contributed by atoms with E-state index in [0.29, 0.717) is 12.5 Å². The number of aliphatic hydroxyl groups is 1. The van der Waals surface area contributed by atoms with Crippen LogP contribution in [0, 0.1) is 5.92 Å². The fourth-order valence-corrected chi connectivity index (χ4v) is 2.59. The molecule has 4 nitrogen and oxygen atoms in total. The minimum Gasteiger partial charge on any atom is -0.394 e. The Morgan fingerprint density at radius 1 is 1.30 bits per heavy atom. The second-order valence-corrected chi connectivity index (χ2v) is 5.43. The molecule has 0 bridgehead atoms. The van der Waals surface area contributed by atoms with Crippen LogP contribution >= 0.6 is 0 Å². The van der Waals surface area contributed by atoms with Gasteiger partial charge in [0.15, 0.2) is 0 Å². The third-order valence-electron chi connectivity index (χ3n) is 4.12. The van der Waals surface area contributed by atoms with Crippen LogP contribution in [0.4, 0.5) is 0 Å². The topological polar surface area (TPSA) is 50.7 Å². The van der Waals surface area contributed by atoms with Crippen LogP contribution in [0.15, 0.2) is 30.3 Å². The number of rotatable bonds is 7. The fourth-order valence-electron chi connectivity index (χ4n) is 2.59. The zero-order chi connectivity index (χ0) is 14.3. The van der Waals surface area contributed by atoms with Crippen molar-refractivity contribution in [3.8, 4) is 0 Å². The van der Waals surface area contributed by atoms with E-state index in [-0.39, 0.29) is 6.61 Å². The molecule has 1 saturated heterocycles. The Balaban J connectivity index is 1.91. The van der Waals surface area contributed by atoms with Gasteiger partial charge in [-0.1, -0.05) is 30.3 Å². The summed E-state index contributed by atoms with van der Waals surface area (Å²) in [7, 11) is 1.86. The van der Waals surface area contributed by atoms with E-state index in [2.05, 4.69) is 5.32 Å². The average molecular weight is 279 g/mol. The van der Waals surface area contributed by atoms with Gasteiger partial charge in [-0.15, -0.1) is 0 Å². The minimum absolute atomic E-state index is 0.0152. The number of ether oxygens (including phenoxy) is 2. The second-order valence-electron chi connectivity index (χ2n) is 5.43. The van der Waals surface area contributed by atoms with Gasteiger partial charge in [-0.25, -0.2) is 0 Å². The normalized spacial score (nSPS) is 19.7. The zero-order valence-electron chi connectivity index (χ0n) is 12.2. The maximum Gasteiger partial charge on any atom is 0.0903 e. The largest absolute Gasteiger partial charge is 0.394 e. The van der Waals surface area contributed by atoms with Crippen molar-refractivity contribution in [1.29, 1.82) is 0 Å². The number of nitrogens with one attached hydrogen (secondary N) is 1. The molecule has 1 aliphatic heterocycles. The van der Waals surface area contributed by atoms with Crippen LogP contribution in [-0.4, -0.2) is 45.2 Å². The molecule has 1 unspecified atom stereocenters. The second kappa shape index (κ2) is 7.74. The summed E-state index contributed by atoms with van der Waals surface area (Å²) in [6.07, 6.45) is 2.13. The summed E-state index contributed by atoms with van der Waals surface area (Å²) in [5.41, 5.74) is 0.531. The summed E-state index contributed by atoms with van der Waals surface area (Å²) in [6.45, 7) is 2.90. The highest BCUT2D eigenvalue weighted by molar-refractivity contribution is 5.24. The Morgan fingerprint density at radius 3 is 2.60 bits per heavy atom. The van der Waals surface area contributed by atoms with Gasteiger partial charge in [0.1, 0.15) is 0 Å². The molecule has 0 amide bonds. The molecule has 1 atom stereocenters. The standard InChI is InChI=1S/C16H25NO3/c1-17-16(12-18,15-5-3-2-4-6-15)13-20-11-14-7-9-19-10-8-14/h2-6,14,17-18H,7-13H2,1H3. The van der Waals surface area contributed by atoms with Crippen molar-refractivity contribution in [3.63, 3.8) is 0 Å². The van der Waals surface area contributed by atoms with E-state index < -0.39 is 5.54 Å². The predicted molar refractivity (Wildman–Crippen MR) is 78.6 cm³/mol. The van der Waals surface area contributed by atoms with E-state index in [9.17, 15) is 5.11 Å². The van der Waals surface area contributed by atoms with E-state index in [1.54, 1.807) is 0 Å². The summed E-state index contributed by atoms with van der Waals surface area (Å²) in [6, 6.07) is 9.98. The van der Waals surface area contributed by atoms with Crippen molar-refractivity contribution in [2.75, 3.05) is 40.1 Å². The Kier molecular flexibility index (Phi) is 5.98. The van der Waals surface area contributed by atoms with Crippen LogP contribution < -0.4 is 5.32 Å². The molecule has 1 heterocycles. The fraction of sp³-hybridized carbons (Fsp3) is 0.625. The summed E-state index contributed by atoms with van der Waals surface area (Å²) in [5.74, 6) is 0.577. The lowest BCUT2D eigenvalue weighted by Crippen LogP contribution is -2.48. The van der Waals surface area contributed by atoms with Crippen molar-refractivity contribution in [1.82, 2.24) is 5.32 Å². The molecule has 1 aromatic rings. The molecular formula is C16H25NO3. The molecule has 4 heteroatoms. The SMILES string of the molecule is CNC(CO)(COCC1CCOCC1)c1ccccc1. The summed E-state index contributed by atoms with van der Waals surface area (Å²) in [5, 5.41) is 13.0. The van der Waals surface area contributed by atoms with Gasteiger partial charge >= 0.3 is 0 Å². The third-order valence-corrected chi connectivity index (χ3v) is 4.12. The average Bonchev–Trinajstić information content (AvgIpc) is 2.54. The van der Waals surface area contributed by atoms with Crippen LogP contribution in [0.1, 0.15) is 18.4 Å². The van der Waals surface area contributed by atoms with Gasteiger partial charge in [0.25, 0.3) is 0 Å². The first-order valence-electron chi connectivity index (χ1n) is 7.31. The molecule has 0 saturated carbocycles. The van der Waals surface area contributed by atoms with E-state index in [4.69, 9.17) is 9.47 Å². The van der Waals surface area contributed by atoms with E-state index in [1.807, 2.05) is 37.4 Å². The number of hydrogen-bond acceptors (Lipinski definition) is 4. The zero-order valence-corrected chi connectivity index (χ0v) is 12.2. The molecule has 0 radical (unpaired) electrons. The number of aliphatic hydroxyl groups excluding tert-OH is 1. The van der Waals surface area contributed by atoms with E-state index in [0.717, 1.165) is 38.2 Å². The first-order valence-corrected chi connectivity index (χ1v) is 7.31. The van der Waals surface area contributed by atoms with Gasteiger partial charge in [-0.2, -0.15) is 0 Å². The molecule has 112 valence electrons. The van der Waals surface area contributed by atoms with Gasteiger partial charge in [0, 0.05) is 19.8 Å². The van der Waals surface area contributed by atoms with Gasteiger partial charge in [-0.05, 0) is 31.4 Å². The summed E-state index contributed by atoms with van der Waals surface area (Å²) < 4.78 is 11.2. The molecule has 2 N–H and O–H groups in total.